The third kappa shape index (κ3) is 5.29. The average molecular weight is 530 g/mol. The van der Waals surface area contributed by atoms with E-state index in [1.54, 1.807) is 19.1 Å². The predicted molar refractivity (Wildman–Crippen MR) is 152 cm³/mol. The highest BCUT2D eigenvalue weighted by Gasteiger charge is 2.32. The zero-order valence-corrected chi connectivity index (χ0v) is 22.6. The molecule has 2 aromatic carbocycles. The van der Waals surface area contributed by atoms with Crippen molar-refractivity contribution in [3.8, 4) is 5.75 Å². The van der Waals surface area contributed by atoms with Crippen molar-refractivity contribution in [2.75, 3.05) is 18.0 Å². The van der Waals surface area contributed by atoms with Gasteiger partial charge in [-0.3, -0.25) is 0 Å². The van der Waals surface area contributed by atoms with Gasteiger partial charge in [-0.2, -0.15) is 0 Å². The van der Waals surface area contributed by atoms with Gasteiger partial charge in [0.1, 0.15) is 23.2 Å². The Labute approximate surface area is 226 Å². The lowest BCUT2D eigenvalue weighted by atomic mass is 9.89. The van der Waals surface area contributed by atoms with Gasteiger partial charge in [0, 0.05) is 51.4 Å². The van der Waals surface area contributed by atoms with E-state index >= 15 is 0 Å². The molecule has 38 heavy (non-hydrogen) atoms. The summed E-state index contributed by atoms with van der Waals surface area (Å²) in [7, 11) is 0. The van der Waals surface area contributed by atoms with Crippen LogP contribution in [0.4, 0.5) is 5.69 Å². The van der Waals surface area contributed by atoms with Crippen LogP contribution < -0.4 is 15.3 Å². The zero-order valence-electron chi connectivity index (χ0n) is 21.8. The number of fused-ring (bicyclic) bond motifs is 2. The number of aryl methyl sites for hydroxylation is 1. The molecule has 0 bridgehead atoms. The molecule has 6 nitrogen and oxygen atoms in total. The molecule has 7 heteroatoms. The number of ether oxygens (including phenoxy) is 2. The van der Waals surface area contributed by atoms with Crippen LogP contribution in [-0.2, 0) is 28.1 Å². The van der Waals surface area contributed by atoms with E-state index in [2.05, 4.69) is 30.7 Å². The molecule has 0 fully saturated rings. The number of benzene rings is 2. The van der Waals surface area contributed by atoms with Crippen LogP contribution >= 0.6 is 11.8 Å². The van der Waals surface area contributed by atoms with Crippen molar-refractivity contribution in [3.05, 3.63) is 100 Å². The first-order chi connectivity index (χ1) is 18.2. The number of anilines is 1. The molecule has 1 aromatic heterocycles. The minimum absolute atomic E-state index is 0.00140. The number of thioether (sulfide) groups is 1. The summed E-state index contributed by atoms with van der Waals surface area (Å²) < 4.78 is 17.3. The molecule has 0 aliphatic carbocycles. The van der Waals surface area contributed by atoms with Crippen molar-refractivity contribution < 1.29 is 18.7 Å². The highest BCUT2D eigenvalue weighted by molar-refractivity contribution is 7.98. The number of esters is 1. The minimum Gasteiger partial charge on any atom is -0.489 e. The van der Waals surface area contributed by atoms with Crippen molar-refractivity contribution in [3.63, 3.8) is 0 Å². The fourth-order valence-electron chi connectivity index (χ4n) is 4.95. The van der Waals surface area contributed by atoms with Crippen LogP contribution in [0.25, 0.3) is 11.0 Å². The van der Waals surface area contributed by atoms with Gasteiger partial charge in [0.25, 0.3) is 0 Å². The van der Waals surface area contributed by atoms with Crippen LogP contribution in [-0.4, -0.2) is 25.2 Å². The van der Waals surface area contributed by atoms with E-state index in [9.17, 15) is 9.59 Å². The van der Waals surface area contributed by atoms with Crippen molar-refractivity contribution in [1.82, 2.24) is 0 Å². The number of carbonyl (C=O) groups is 1. The summed E-state index contributed by atoms with van der Waals surface area (Å²) in [4.78, 5) is 28.0. The first-order valence-electron chi connectivity index (χ1n) is 12.7. The number of carbonyl (C=O) groups excluding carboxylic acids is 1. The molecule has 1 atom stereocenters. The van der Waals surface area contributed by atoms with E-state index in [1.807, 2.05) is 25.1 Å². The number of rotatable bonds is 8. The summed E-state index contributed by atoms with van der Waals surface area (Å²) in [6.45, 7) is 16.8. The smallest absolute Gasteiger partial charge is 0.340 e. The molecule has 0 saturated carbocycles. The lowest BCUT2D eigenvalue weighted by molar-refractivity contribution is -0.130. The third-order valence-corrected chi connectivity index (χ3v) is 7.91. The van der Waals surface area contributed by atoms with Crippen molar-refractivity contribution in [2.45, 2.75) is 49.9 Å². The number of nitrogens with zero attached hydrogens (tertiary/aromatic N) is 1. The second-order valence-corrected chi connectivity index (χ2v) is 11.0. The van der Waals surface area contributed by atoms with Gasteiger partial charge in [-0.1, -0.05) is 19.7 Å². The maximum atomic E-state index is 13.0. The van der Waals surface area contributed by atoms with Crippen LogP contribution in [0.15, 0.2) is 87.1 Å². The Balaban J connectivity index is 1.38. The molecule has 5 rings (SSSR count). The Bertz CT molecular complexity index is 1520. The fourth-order valence-corrected chi connectivity index (χ4v) is 5.80. The summed E-state index contributed by atoms with van der Waals surface area (Å²) in [6.07, 6.45) is 2.66. The highest BCUT2D eigenvalue weighted by atomic mass is 32.2. The second-order valence-electron chi connectivity index (χ2n) is 9.97. The van der Waals surface area contributed by atoms with E-state index in [0.717, 1.165) is 53.8 Å². The molecule has 2 aliphatic heterocycles. The van der Waals surface area contributed by atoms with Crippen LogP contribution in [0.5, 0.6) is 5.75 Å². The van der Waals surface area contributed by atoms with Gasteiger partial charge in [0.05, 0.1) is 6.54 Å². The Morgan fingerprint density at radius 3 is 2.61 bits per heavy atom. The van der Waals surface area contributed by atoms with Crippen molar-refractivity contribution >= 4 is 34.4 Å². The summed E-state index contributed by atoms with van der Waals surface area (Å²) in [5.74, 6) is 1.09. The summed E-state index contributed by atoms with van der Waals surface area (Å²) in [6, 6.07) is 11.3. The Kier molecular flexibility index (Phi) is 7.21. The summed E-state index contributed by atoms with van der Waals surface area (Å²) >= 11 is 1.53. The Morgan fingerprint density at radius 1 is 1.13 bits per heavy atom. The average Bonchev–Trinajstić information content (AvgIpc) is 2.88. The third-order valence-electron chi connectivity index (χ3n) is 6.85. The first-order valence-corrected chi connectivity index (χ1v) is 13.7. The Morgan fingerprint density at radius 2 is 1.89 bits per heavy atom. The topological polar surface area (TPSA) is 69.0 Å². The van der Waals surface area contributed by atoms with Gasteiger partial charge in [0.2, 0.25) is 0 Å². The highest BCUT2D eigenvalue weighted by Crippen LogP contribution is 2.41. The van der Waals surface area contributed by atoms with Crippen LogP contribution in [0.2, 0.25) is 0 Å². The minimum atomic E-state index is -0.456. The van der Waals surface area contributed by atoms with E-state index < -0.39 is 5.97 Å². The summed E-state index contributed by atoms with van der Waals surface area (Å²) in [5, 5.41) is 0.942. The first kappa shape index (κ1) is 25.9. The predicted octanol–water partition coefficient (Wildman–Crippen LogP) is 6.35. The number of allylic oxidation sites excluding steroid dienone is 1. The van der Waals surface area contributed by atoms with E-state index in [0.29, 0.717) is 34.0 Å². The maximum Gasteiger partial charge on any atom is 0.340 e. The lowest BCUT2D eigenvalue weighted by Crippen LogP contribution is -2.43. The van der Waals surface area contributed by atoms with Crippen LogP contribution in [0, 0.1) is 0 Å². The number of hydrogen-bond donors (Lipinski definition) is 0. The quantitative estimate of drug-likeness (QED) is 0.0640. The molecule has 1 unspecified atom stereocenters. The SMILES string of the molecule is C=C(C)C(=C)OC1Cc2cc3cc(CSc4ccc(OC(=O)C(=C)C)cc4)c(=O)oc3c3c2N(CCC3)C1. The fraction of sp³-hybridized carbons (Fsp3) is 0.290. The summed E-state index contributed by atoms with van der Waals surface area (Å²) in [5.41, 5.74) is 5.71. The molecule has 0 N–H and O–H groups in total. The molecule has 0 radical (unpaired) electrons. The van der Waals surface area contributed by atoms with Gasteiger partial charge in [-0.15, -0.1) is 11.8 Å². The van der Waals surface area contributed by atoms with Crippen molar-refractivity contribution in [2.24, 2.45) is 0 Å². The lowest BCUT2D eigenvalue weighted by Gasteiger charge is -2.40. The standard InChI is InChI=1S/C31H31NO5S/c1-18(2)20(5)35-25-15-21-13-22-14-23(17-38-26-10-8-24(9-11-26)36-30(33)19(3)4)31(34)37-29(22)27-7-6-12-32(16-25)28(21)27/h8-11,13-14,25H,1,3,5-7,12,15-17H2,2,4H3. The molecule has 0 amide bonds. The molecular weight excluding hydrogens is 498 g/mol. The molecule has 3 aromatic rings. The second kappa shape index (κ2) is 10.6. The van der Waals surface area contributed by atoms with E-state index in [4.69, 9.17) is 13.9 Å². The molecular formula is C31H31NO5S. The van der Waals surface area contributed by atoms with Gasteiger partial charge in [-0.05, 0) is 74.2 Å². The molecule has 0 spiro atoms. The maximum absolute atomic E-state index is 13.0. The normalized spacial score (nSPS) is 16.1. The van der Waals surface area contributed by atoms with E-state index in [-0.39, 0.29) is 11.7 Å². The zero-order chi connectivity index (χ0) is 27.0. The van der Waals surface area contributed by atoms with Crippen molar-refractivity contribution in [1.29, 1.82) is 0 Å². The van der Waals surface area contributed by atoms with Gasteiger partial charge < -0.3 is 18.8 Å². The molecule has 196 valence electrons. The molecule has 0 saturated heterocycles. The molecule has 3 heterocycles. The van der Waals surface area contributed by atoms with Crippen LogP contribution in [0.1, 0.15) is 37.0 Å². The Hall–Kier alpha value is -3.71. The van der Waals surface area contributed by atoms with Gasteiger partial charge in [0.15, 0.2) is 0 Å². The van der Waals surface area contributed by atoms with Crippen LogP contribution in [0.3, 0.4) is 0 Å². The van der Waals surface area contributed by atoms with E-state index in [1.165, 1.54) is 23.0 Å². The largest absolute Gasteiger partial charge is 0.489 e. The van der Waals surface area contributed by atoms with Gasteiger partial charge in [-0.25, -0.2) is 9.59 Å². The number of hydrogen-bond acceptors (Lipinski definition) is 7. The monoisotopic (exact) mass is 529 g/mol. The molecule has 2 aliphatic rings. The van der Waals surface area contributed by atoms with Gasteiger partial charge >= 0.3 is 11.6 Å².